The number of rotatable bonds is 7. The molecule has 5 nitrogen and oxygen atoms in total. The summed E-state index contributed by atoms with van der Waals surface area (Å²) >= 11 is 0. The number of hydrogen-bond acceptors (Lipinski definition) is 5. The highest BCUT2D eigenvalue weighted by molar-refractivity contribution is 5.99. The number of halogens is 1. The number of fused-ring (bicyclic) bond motifs is 1. The van der Waals surface area contributed by atoms with Crippen LogP contribution in [0.15, 0.2) is 42.5 Å². The number of aliphatic hydroxyl groups excluding tert-OH is 1. The van der Waals surface area contributed by atoms with Gasteiger partial charge < -0.3 is 14.7 Å². The van der Waals surface area contributed by atoms with Crippen molar-refractivity contribution >= 4 is 11.6 Å². The van der Waals surface area contributed by atoms with Crippen LogP contribution in [0.2, 0.25) is 0 Å². The topological polar surface area (TPSA) is 66.8 Å². The maximum atomic E-state index is 13.1. The zero-order chi connectivity index (χ0) is 21.8. The molecule has 2 aliphatic rings. The van der Waals surface area contributed by atoms with Gasteiger partial charge in [-0.05, 0) is 69.1 Å². The standard InChI is InChI=1S/C25H28FNO4/c26-19-9-7-17(8-10-19)25(30)18-11-13-27(14-12-18)15-20(28)16-31-24-6-2-3-21-22(24)4-1-5-23(21)29/h2-3,6-10,18,20,28H,1,4-5,11-16H2. The molecule has 164 valence electrons. The summed E-state index contributed by atoms with van der Waals surface area (Å²) < 4.78 is 18.9. The lowest BCUT2D eigenvalue weighted by Crippen LogP contribution is -2.42. The van der Waals surface area contributed by atoms with Crippen LogP contribution in [0.1, 0.15) is 52.0 Å². The lowest BCUT2D eigenvalue weighted by Gasteiger charge is -2.32. The van der Waals surface area contributed by atoms with Gasteiger partial charge in [0.05, 0.1) is 0 Å². The molecule has 0 radical (unpaired) electrons. The maximum Gasteiger partial charge on any atom is 0.166 e. The monoisotopic (exact) mass is 425 g/mol. The van der Waals surface area contributed by atoms with E-state index in [2.05, 4.69) is 4.90 Å². The molecular formula is C25H28FNO4. The number of aliphatic hydroxyl groups is 1. The highest BCUT2D eigenvalue weighted by atomic mass is 19.1. The quantitative estimate of drug-likeness (QED) is 0.686. The first-order valence-corrected chi connectivity index (χ1v) is 11.0. The molecule has 0 spiro atoms. The van der Waals surface area contributed by atoms with Gasteiger partial charge in [0.2, 0.25) is 0 Å². The fourth-order valence-electron chi connectivity index (χ4n) is 4.54. The molecule has 1 aliphatic heterocycles. The third-order valence-corrected chi connectivity index (χ3v) is 6.25. The molecule has 2 aromatic rings. The van der Waals surface area contributed by atoms with Crippen molar-refractivity contribution in [2.75, 3.05) is 26.2 Å². The molecular weight excluding hydrogens is 397 g/mol. The molecule has 1 heterocycles. The Morgan fingerprint density at radius 1 is 1.13 bits per heavy atom. The number of β-amino-alcohol motifs (C(OH)–C–C–N with tert-alkyl or cyclic N) is 1. The van der Waals surface area contributed by atoms with Crippen LogP contribution in [0.25, 0.3) is 0 Å². The number of carbonyl (C=O) groups is 2. The van der Waals surface area contributed by atoms with Gasteiger partial charge in [0.1, 0.15) is 24.3 Å². The van der Waals surface area contributed by atoms with Crippen LogP contribution in [-0.4, -0.2) is 53.9 Å². The average Bonchev–Trinajstić information content (AvgIpc) is 2.78. The minimum atomic E-state index is -0.653. The van der Waals surface area contributed by atoms with Crippen molar-refractivity contribution in [3.05, 3.63) is 65.0 Å². The Bertz CT molecular complexity index is 935. The smallest absolute Gasteiger partial charge is 0.166 e. The van der Waals surface area contributed by atoms with Gasteiger partial charge in [-0.1, -0.05) is 12.1 Å². The number of hydrogen-bond donors (Lipinski definition) is 1. The lowest BCUT2D eigenvalue weighted by molar-refractivity contribution is 0.0521. The molecule has 31 heavy (non-hydrogen) atoms. The van der Waals surface area contributed by atoms with Crippen molar-refractivity contribution < 1.29 is 23.8 Å². The number of piperidine rings is 1. The molecule has 0 bridgehead atoms. The van der Waals surface area contributed by atoms with Gasteiger partial charge in [-0.2, -0.15) is 0 Å². The Morgan fingerprint density at radius 3 is 2.61 bits per heavy atom. The minimum absolute atomic E-state index is 0.0620. The summed E-state index contributed by atoms with van der Waals surface area (Å²) in [5.41, 5.74) is 2.25. The van der Waals surface area contributed by atoms with Crippen LogP contribution in [0.3, 0.4) is 0 Å². The number of ether oxygens (including phenoxy) is 1. The maximum absolute atomic E-state index is 13.1. The van der Waals surface area contributed by atoms with Gasteiger partial charge in [-0.3, -0.25) is 9.59 Å². The minimum Gasteiger partial charge on any atom is -0.491 e. The van der Waals surface area contributed by atoms with Crippen LogP contribution in [0.5, 0.6) is 5.75 Å². The Kier molecular flexibility index (Phi) is 6.78. The molecule has 1 atom stereocenters. The number of likely N-dealkylation sites (tertiary alicyclic amines) is 1. The second-order valence-electron chi connectivity index (χ2n) is 8.47. The molecule has 0 aromatic heterocycles. The second kappa shape index (κ2) is 9.71. The average molecular weight is 426 g/mol. The Balaban J connectivity index is 1.25. The van der Waals surface area contributed by atoms with Gasteiger partial charge in [0, 0.05) is 35.6 Å². The van der Waals surface area contributed by atoms with Crippen molar-refractivity contribution in [1.82, 2.24) is 4.90 Å². The number of carbonyl (C=O) groups excluding carboxylic acids is 2. The zero-order valence-electron chi connectivity index (χ0n) is 17.6. The van der Waals surface area contributed by atoms with Crippen LogP contribution >= 0.6 is 0 Å². The van der Waals surface area contributed by atoms with Crippen molar-refractivity contribution in [2.24, 2.45) is 5.92 Å². The second-order valence-corrected chi connectivity index (χ2v) is 8.47. The third kappa shape index (κ3) is 5.20. The highest BCUT2D eigenvalue weighted by Gasteiger charge is 2.27. The van der Waals surface area contributed by atoms with Gasteiger partial charge in [-0.25, -0.2) is 4.39 Å². The van der Waals surface area contributed by atoms with E-state index in [1.807, 2.05) is 18.2 Å². The Hall–Kier alpha value is -2.57. The summed E-state index contributed by atoms with van der Waals surface area (Å²) in [5.74, 6) is 0.499. The highest BCUT2D eigenvalue weighted by Crippen LogP contribution is 2.29. The van der Waals surface area contributed by atoms with E-state index < -0.39 is 6.10 Å². The van der Waals surface area contributed by atoms with Crippen molar-refractivity contribution in [2.45, 2.75) is 38.2 Å². The largest absolute Gasteiger partial charge is 0.491 e. The summed E-state index contributed by atoms with van der Waals surface area (Å²) in [6.45, 7) is 2.10. The van der Waals surface area contributed by atoms with E-state index >= 15 is 0 Å². The number of Topliss-reactive ketones (excluding diaryl/α,β-unsaturated/α-hetero) is 2. The first kappa shape index (κ1) is 21.7. The van der Waals surface area contributed by atoms with Gasteiger partial charge in [-0.15, -0.1) is 0 Å². The molecule has 0 amide bonds. The normalized spacial score (nSPS) is 18.5. The molecule has 6 heteroatoms. The summed E-state index contributed by atoms with van der Waals surface area (Å²) in [7, 11) is 0. The molecule has 0 saturated carbocycles. The lowest BCUT2D eigenvalue weighted by atomic mass is 9.89. The van der Waals surface area contributed by atoms with Gasteiger partial charge in [0.25, 0.3) is 0 Å². The number of nitrogens with zero attached hydrogens (tertiary/aromatic N) is 1. The molecule has 1 N–H and O–H groups in total. The summed E-state index contributed by atoms with van der Waals surface area (Å²) in [5, 5.41) is 10.5. The van der Waals surface area contributed by atoms with E-state index in [1.165, 1.54) is 12.1 Å². The molecule has 1 fully saturated rings. The molecule has 1 saturated heterocycles. The Morgan fingerprint density at radius 2 is 1.87 bits per heavy atom. The van der Waals surface area contributed by atoms with Gasteiger partial charge in [0.15, 0.2) is 11.6 Å². The Labute approximate surface area is 181 Å². The van der Waals surface area contributed by atoms with Crippen molar-refractivity contribution in [1.29, 1.82) is 0 Å². The third-order valence-electron chi connectivity index (χ3n) is 6.25. The van der Waals surface area contributed by atoms with E-state index in [4.69, 9.17) is 4.74 Å². The molecule has 1 aliphatic carbocycles. The zero-order valence-corrected chi connectivity index (χ0v) is 17.6. The molecule has 1 unspecified atom stereocenters. The fourth-order valence-corrected chi connectivity index (χ4v) is 4.54. The van der Waals surface area contributed by atoms with E-state index in [9.17, 15) is 19.1 Å². The molecule has 4 rings (SSSR count). The van der Waals surface area contributed by atoms with Crippen molar-refractivity contribution in [3.8, 4) is 5.75 Å². The van der Waals surface area contributed by atoms with Crippen LogP contribution in [0.4, 0.5) is 4.39 Å². The van der Waals surface area contributed by atoms with Crippen LogP contribution in [-0.2, 0) is 6.42 Å². The first-order chi connectivity index (χ1) is 15.0. The van der Waals surface area contributed by atoms with E-state index in [-0.39, 0.29) is 29.9 Å². The first-order valence-electron chi connectivity index (χ1n) is 11.0. The summed E-state index contributed by atoms with van der Waals surface area (Å²) in [6.07, 6.45) is 3.03. The fraction of sp³-hybridized carbons (Fsp3) is 0.440. The SMILES string of the molecule is O=C1CCCc2c(OCC(O)CN3CCC(C(=O)c4ccc(F)cc4)CC3)cccc21. The van der Waals surface area contributed by atoms with Crippen LogP contribution < -0.4 is 4.74 Å². The van der Waals surface area contributed by atoms with Gasteiger partial charge >= 0.3 is 0 Å². The number of ketones is 2. The van der Waals surface area contributed by atoms with E-state index in [1.54, 1.807) is 12.1 Å². The van der Waals surface area contributed by atoms with Crippen molar-refractivity contribution in [3.63, 3.8) is 0 Å². The predicted molar refractivity (Wildman–Crippen MR) is 115 cm³/mol. The predicted octanol–water partition coefficient (Wildman–Crippen LogP) is 3.68. The van der Waals surface area contributed by atoms with Crippen LogP contribution in [0, 0.1) is 11.7 Å². The number of benzene rings is 2. The summed E-state index contributed by atoms with van der Waals surface area (Å²) in [6, 6.07) is 11.2. The van der Waals surface area contributed by atoms with E-state index in [0.717, 1.165) is 49.9 Å². The van der Waals surface area contributed by atoms with E-state index in [0.29, 0.717) is 24.3 Å². The molecule has 2 aromatic carbocycles. The summed E-state index contributed by atoms with van der Waals surface area (Å²) in [4.78, 5) is 26.8.